The molecule has 0 spiro atoms. The predicted octanol–water partition coefficient (Wildman–Crippen LogP) is -1.03. The summed E-state index contributed by atoms with van der Waals surface area (Å²) in [6, 6.07) is -4.38. The Kier molecular flexibility index (Phi) is 27.1. The number of carbonyl (C=O) groups is 9. The minimum atomic E-state index is -5.90. The molecule has 5 aromatic carbocycles. The van der Waals surface area contributed by atoms with E-state index < -0.39 is 297 Å². The molecule has 11 bridgehead atoms. The van der Waals surface area contributed by atoms with E-state index in [-0.39, 0.29) is 24.3 Å². The summed E-state index contributed by atoms with van der Waals surface area (Å²) in [5.41, 5.74) is 3.52. The number of benzene rings is 5. The molecule has 0 aromatic heterocycles. The van der Waals surface area contributed by atoms with Crippen LogP contribution in [-0.2, 0) is 71.2 Å². The smallest absolute Gasteiger partial charge is 0.360 e. The van der Waals surface area contributed by atoms with E-state index in [9.17, 15) is 98.6 Å². The Balaban J connectivity index is 1.23. The lowest BCUT2D eigenvalue weighted by atomic mass is 9.86. The molecule has 2 fully saturated rings. The molecule has 0 saturated carbocycles. The molecule has 18 atom stereocenters. The summed E-state index contributed by atoms with van der Waals surface area (Å²) in [6.07, 6.45) is -19.7. The van der Waals surface area contributed by atoms with Gasteiger partial charge in [0.1, 0.15) is 83.7 Å². The molecule has 7 heterocycles. The molecule has 41 nitrogen and oxygen atoms in total. The normalized spacial score (nSPS) is 27.6. The van der Waals surface area contributed by atoms with Crippen LogP contribution in [-0.4, -0.2) is 223 Å². The summed E-state index contributed by atoms with van der Waals surface area (Å²) in [5, 5.41) is 121. The van der Waals surface area contributed by atoms with E-state index >= 15 is 19.2 Å². The maximum absolute atomic E-state index is 16.2. The topological polar surface area (TPSA) is 664 Å². The van der Waals surface area contributed by atoms with Crippen LogP contribution < -0.4 is 68.2 Å². The zero-order chi connectivity index (χ0) is 84.7. The lowest BCUT2D eigenvalue weighted by molar-refractivity contribution is -0.333. The fourth-order valence-electron chi connectivity index (χ4n) is 13.3. The first kappa shape index (κ1) is 88.2. The Bertz CT molecular complexity index is 4710. The monoisotopic (exact) mass is 1710 g/mol. The third-order valence-corrected chi connectivity index (χ3v) is 23.3. The van der Waals surface area contributed by atoms with Gasteiger partial charge in [0, 0.05) is 34.7 Å². The number of esters is 1. The van der Waals surface area contributed by atoms with Gasteiger partial charge in [0.2, 0.25) is 58.9 Å². The van der Waals surface area contributed by atoms with E-state index in [1.54, 1.807) is 13.8 Å². The number of nitrogens with two attached hydrogens (primary N) is 2. The molecule has 8 amide bonds. The van der Waals surface area contributed by atoms with Gasteiger partial charge in [0.05, 0.1) is 46.3 Å². The van der Waals surface area contributed by atoms with Gasteiger partial charge in [-0.25, -0.2) is 4.79 Å². The third-order valence-electron chi connectivity index (χ3n) is 19.1. The Morgan fingerprint density at radius 1 is 0.704 bits per heavy atom. The van der Waals surface area contributed by atoms with E-state index in [1.165, 1.54) is 32.3 Å². The van der Waals surface area contributed by atoms with Gasteiger partial charge in [-0.1, -0.05) is 60.8 Å². The van der Waals surface area contributed by atoms with Crippen LogP contribution in [0.4, 0.5) is 0 Å². The van der Waals surface area contributed by atoms with Crippen LogP contribution in [0.2, 0.25) is 15.1 Å². The molecule has 7 aliphatic heterocycles. The van der Waals surface area contributed by atoms with E-state index in [2.05, 4.69) is 37.2 Å². The zero-order valence-electron chi connectivity index (χ0n) is 60.8. The number of amides is 8. The number of fused-ring (bicyclic) bond motifs is 15. The van der Waals surface area contributed by atoms with Crippen LogP contribution in [0.25, 0.3) is 11.1 Å². The number of aliphatic hydroxyl groups is 6. The number of aliphatic hydroxyl groups excluding tert-OH is 6. The van der Waals surface area contributed by atoms with Crippen LogP contribution in [0.5, 0.6) is 46.0 Å². The zero-order valence-corrected chi connectivity index (χ0v) is 64.8. The number of ether oxygens (including phenoxy) is 7. The van der Waals surface area contributed by atoms with Gasteiger partial charge in [0.25, 0.3) is 5.91 Å². The summed E-state index contributed by atoms with van der Waals surface area (Å²) in [6.45, 7) is 3.76. The molecule has 46 heteroatoms. The van der Waals surface area contributed by atoms with Gasteiger partial charge in [0.15, 0.2) is 42.3 Å². The maximum Gasteiger partial charge on any atom is 0.360 e. The number of hydrogen-bond acceptors (Lipinski definition) is 29. The average Bonchev–Trinajstić information content (AvgIpc) is 0.763. The van der Waals surface area contributed by atoms with Crippen LogP contribution in [0, 0.1) is 5.92 Å². The number of halogens is 3. The summed E-state index contributed by atoms with van der Waals surface area (Å²) in [5.74, 6) is -20.0. The largest absolute Gasteiger partial charge is 0.508 e. The molecule has 115 heavy (non-hydrogen) atoms. The quantitative estimate of drug-likeness (QED) is 0.0368. The molecule has 5 aromatic rings. The fourth-order valence-corrected chi connectivity index (χ4v) is 16.3. The number of likely N-dealkylation sites (N-methyl/N-ethyl adjacent to an activating group) is 1. The fraction of sp³-hybridized carbons (Fsp3) is 0.435. The molecular weight excluding hydrogens is 1630 g/mol. The minimum absolute atomic E-state index is 0.145. The van der Waals surface area contributed by atoms with Gasteiger partial charge < -0.3 is 153 Å². The molecule has 624 valence electrons. The number of nitrogens with one attached hydrogen (secondary N) is 8. The van der Waals surface area contributed by atoms with Crippen molar-refractivity contribution in [3.63, 3.8) is 0 Å². The van der Waals surface area contributed by atoms with Gasteiger partial charge in [-0.05, 0) is 110 Å². The van der Waals surface area contributed by atoms with Crippen molar-refractivity contribution >= 4 is 103 Å². The summed E-state index contributed by atoms with van der Waals surface area (Å²) in [4.78, 5) is 172. The van der Waals surface area contributed by atoms with E-state index in [4.69, 9.17) is 79.4 Å². The minimum Gasteiger partial charge on any atom is -0.508 e. The first-order chi connectivity index (χ1) is 53.8. The lowest BCUT2D eigenvalue weighted by Gasteiger charge is -2.47. The number of primary amides is 1. The van der Waals surface area contributed by atoms with Crippen molar-refractivity contribution < 1.29 is 151 Å². The highest BCUT2D eigenvalue weighted by molar-refractivity contribution is 7.70. The standard InChI is InChI=1S/C69H81Cl3N10O31P2/c1-23(2)10-35(75-5)60(94)81-50-52(89)26-7-9-39(32(70)12-26)109-40-15-27-16-41(57(40)113-67-58(55(92)54(91)42(21-83)111-67)112-45-20-69(4,74)59(93)24(3)108-45)110-56-33(71)13-28(14-34(56)72)53(90)51-65(99)80-49(66(100)107-22-44(88)77-68(114(101,102)103)115(104,105)106)31-17-29(84)18-38(86)46(31)30-11-25(6-8-37(30)85)47(62(96)82-51)79-63(97)48(27)78-61(95)36(19-43(73)87)76-64(50)98/h6-9,11-18,23-24,35-36,42,45,47-55,58-59,67-68,75,83-86,89-93H,10,19-22,74H2,1-5H3,(H2,73,87)(H,76,98)(H,77,88)(H,78,95)(H,79,97)(H,80,99)(H,81,94)(H,82,96)(H2,101,102,103)(H2,104,105,106)/t24-,35-,36+,42+,45-,47-,48-,49+,50-,51+,52-,53-,54-,55+,58-,59+,67-,69-/m1/s1. The lowest BCUT2D eigenvalue weighted by Crippen LogP contribution is -2.64. The van der Waals surface area contributed by atoms with E-state index in [0.29, 0.717) is 12.1 Å². The van der Waals surface area contributed by atoms with Crippen molar-refractivity contribution in [3.05, 3.63) is 116 Å². The van der Waals surface area contributed by atoms with Crippen molar-refractivity contribution in [1.82, 2.24) is 42.5 Å². The molecule has 0 aliphatic carbocycles. The molecule has 12 rings (SSSR count). The van der Waals surface area contributed by atoms with Crippen molar-refractivity contribution in [2.24, 2.45) is 17.4 Å². The molecular formula is C69H81Cl3N10O31P2. The maximum atomic E-state index is 16.2. The first-order valence-corrected chi connectivity index (χ1v) is 39.3. The Labute approximate surface area is 665 Å². The number of hydrogen-bond donors (Lipinski definition) is 23. The van der Waals surface area contributed by atoms with Crippen molar-refractivity contribution in [1.29, 1.82) is 0 Å². The Morgan fingerprint density at radius 3 is 1.93 bits per heavy atom. The second kappa shape index (κ2) is 35.4. The number of carbonyl (C=O) groups excluding carboxylic acids is 9. The molecule has 0 radical (unpaired) electrons. The highest BCUT2D eigenvalue weighted by Crippen LogP contribution is 2.58. The van der Waals surface area contributed by atoms with Crippen LogP contribution in [0.3, 0.4) is 0 Å². The Morgan fingerprint density at radius 2 is 1.32 bits per heavy atom. The van der Waals surface area contributed by atoms with Crippen LogP contribution in [0.15, 0.2) is 72.8 Å². The SMILES string of the molecule is CN[C@H](CC(C)C)C(=O)N[C@H]1C(=O)N[C@@H](CC(N)=O)C(=O)N[C@H]2C(=O)N[C@H]3C(=O)N[C@H](C(=O)N[C@H](C(=O)OCC(=O)NC(P(=O)(O)O)P(=O)(O)O)c4cc(O)cc(O)c4-c4cc3ccc4O)[C@H](O)c3cc(Cl)c(c(Cl)c3)Oc3cc2cc(c3O[C@H]2O[C@@H](CO)[C@@H](O)[C@H](O)[C@H]2O[C@@H]2C[C@@](C)(N)[C@@H](O)[C@@H](C)O2)Oc2ccc(cc2Cl)[C@H]1O. The highest BCUT2D eigenvalue weighted by atomic mass is 35.5. The van der Waals surface area contributed by atoms with Gasteiger partial charge >= 0.3 is 21.2 Å². The Hall–Kier alpha value is -9.14. The number of phenols is 3. The highest BCUT2D eigenvalue weighted by Gasteiger charge is 2.52. The number of phenolic OH excluding ortho intramolecular Hbond substituents is 3. The number of rotatable bonds is 18. The van der Waals surface area contributed by atoms with E-state index in [1.807, 2.05) is 0 Å². The average molecular weight is 1710 g/mol. The molecule has 0 unspecified atom stereocenters. The van der Waals surface area contributed by atoms with Crippen molar-refractivity contribution in [2.75, 3.05) is 20.3 Å². The predicted molar refractivity (Wildman–Crippen MR) is 394 cm³/mol. The summed E-state index contributed by atoms with van der Waals surface area (Å²) >= 11 is 21.3. The second-order valence-corrected chi connectivity index (χ2v) is 33.2. The number of aromatic hydroxyl groups is 3. The van der Waals surface area contributed by atoms with E-state index in [0.717, 1.165) is 54.6 Å². The molecule has 2 saturated heterocycles. The second-order valence-electron chi connectivity index (χ2n) is 28.2. The summed E-state index contributed by atoms with van der Waals surface area (Å²) in [7, 11) is -10.4. The van der Waals surface area contributed by atoms with Crippen LogP contribution >= 0.6 is 50.0 Å². The molecule has 25 N–H and O–H groups in total. The van der Waals surface area contributed by atoms with Gasteiger partial charge in [-0.3, -0.25) is 47.5 Å². The van der Waals surface area contributed by atoms with Crippen LogP contribution in [0.1, 0.15) is 105 Å². The van der Waals surface area contributed by atoms with Crippen molar-refractivity contribution in [2.45, 2.75) is 162 Å². The van der Waals surface area contributed by atoms with Crippen molar-refractivity contribution in [3.8, 4) is 57.1 Å². The summed E-state index contributed by atoms with van der Waals surface area (Å²) < 4.78 is 67.6. The van der Waals surface area contributed by atoms with Gasteiger partial charge in [-0.15, -0.1) is 0 Å². The third kappa shape index (κ3) is 19.8. The first-order valence-electron chi connectivity index (χ1n) is 34.8. The molecule has 7 aliphatic rings. The van der Waals surface area contributed by atoms with Gasteiger partial charge in [-0.2, -0.15) is 0 Å².